The van der Waals surface area contributed by atoms with Crippen molar-refractivity contribution in [2.45, 2.75) is 24.8 Å². The SMILES string of the molecule is CNC(c1ccc(CCOC)cc1)C1Cc2ccccc21. The van der Waals surface area contributed by atoms with Crippen LogP contribution in [-0.4, -0.2) is 20.8 Å². The average molecular weight is 281 g/mol. The molecule has 2 aromatic rings. The Hall–Kier alpha value is -1.64. The average Bonchev–Trinajstić information content (AvgIpc) is 2.51. The van der Waals surface area contributed by atoms with Crippen molar-refractivity contribution >= 4 is 0 Å². The van der Waals surface area contributed by atoms with Crippen LogP contribution in [0.15, 0.2) is 48.5 Å². The van der Waals surface area contributed by atoms with Crippen LogP contribution < -0.4 is 5.32 Å². The second-order valence-corrected chi connectivity index (χ2v) is 5.76. The number of likely N-dealkylation sites (N-methyl/N-ethyl adjacent to an activating group) is 1. The third-order valence-corrected chi connectivity index (χ3v) is 4.54. The van der Waals surface area contributed by atoms with Crippen molar-refractivity contribution in [2.75, 3.05) is 20.8 Å². The number of methoxy groups -OCH3 is 1. The molecule has 2 aromatic carbocycles. The fraction of sp³-hybridized carbons (Fsp3) is 0.368. The van der Waals surface area contributed by atoms with Gasteiger partial charge in [0.15, 0.2) is 0 Å². The summed E-state index contributed by atoms with van der Waals surface area (Å²) in [5.41, 5.74) is 5.71. The molecule has 0 aliphatic heterocycles. The molecular formula is C19H23NO. The Morgan fingerprint density at radius 1 is 1.14 bits per heavy atom. The van der Waals surface area contributed by atoms with Crippen molar-refractivity contribution in [1.82, 2.24) is 5.32 Å². The van der Waals surface area contributed by atoms with E-state index in [1.807, 2.05) is 0 Å². The van der Waals surface area contributed by atoms with E-state index in [0.717, 1.165) is 13.0 Å². The van der Waals surface area contributed by atoms with Crippen LogP contribution in [0.1, 0.15) is 34.2 Å². The van der Waals surface area contributed by atoms with Crippen LogP contribution in [0.5, 0.6) is 0 Å². The summed E-state index contributed by atoms with van der Waals surface area (Å²) in [7, 11) is 3.81. The third-order valence-electron chi connectivity index (χ3n) is 4.54. The summed E-state index contributed by atoms with van der Waals surface area (Å²) >= 11 is 0. The Kier molecular flexibility index (Phi) is 4.37. The van der Waals surface area contributed by atoms with Gasteiger partial charge in [-0.15, -0.1) is 0 Å². The van der Waals surface area contributed by atoms with Gasteiger partial charge in [-0.2, -0.15) is 0 Å². The lowest BCUT2D eigenvalue weighted by atomic mass is 9.72. The van der Waals surface area contributed by atoms with Gasteiger partial charge in [0.05, 0.1) is 6.61 Å². The predicted molar refractivity (Wildman–Crippen MR) is 86.7 cm³/mol. The Bertz CT molecular complexity index is 591. The molecule has 0 bridgehead atoms. The van der Waals surface area contributed by atoms with Crippen molar-refractivity contribution in [3.8, 4) is 0 Å². The summed E-state index contributed by atoms with van der Waals surface area (Å²) in [4.78, 5) is 0. The third kappa shape index (κ3) is 2.87. The standard InChI is InChI=1S/C19H23NO/c1-20-19(18-13-16-5-3-4-6-17(16)18)15-9-7-14(8-10-15)11-12-21-2/h3-10,18-20H,11-13H2,1-2H3. The minimum Gasteiger partial charge on any atom is -0.384 e. The number of hydrogen-bond acceptors (Lipinski definition) is 2. The van der Waals surface area contributed by atoms with E-state index >= 15 is 0 Å². The van der Waals surface area contributed by atoms with Gasteiger partial charge in [-0.25, -0.2) is 0 Å². The molecular weight excluding hydrogens is 258 g/mol. The van der Waals surface area contributed by atoms with Gasteiger partial charge >= 0.3 is 0 Å². The van der Waals surface area contributed by atoms with E-state index in [4.69, 9.17) is 4.74 Å². The molecule has 0 spiro atoms. The maximum Gasteiger partial charge on any atom is 0.0502 e. The van der Waals surface area contributed by atoms with E-state index in [0.29, 0.717) is 12.0 Å². The highest BCUT2D eigenvalue weighted by Gasteiger charge is 2.32. The highest BCUT2D eigenvalue weighted by Crippen LogP contribution is 2.43. The molecule has 3 rings (SSSR count). The molecule has 0 amide bonds. The van der Waals surface area contributed by atoms with E-state index < -0.39 is 0 Å². The van der Waals surface area contributed by atoms with Gasteiger partial charge in [0.2, 0.25) is 0 Å². The number of nitrogens with one attached hydrogen (secondary N) is 1. The fourth-order valence-electron chi connectivity index (χ4n) is 3.31. The summed E-state index contributed by atoms with van der Waals surface area (Å²) in [6.45, 7) is 0.783. The first-order valence-electron chi connectivity index (χ1n) is 7.66. The fourth-order valence-corrected chi connectivity index (χ4v) is 3.31. The molecule has 0 fully saturated rings. The molecule has 1 aliphatic carbocycles. The lowest BCUT2D eigenvalue weighted by molar-refractivity contribution is 0.202. The van der Waals surface area contributed by atoms with Crippen molar-refractivity contribution in [3.63, 3.8) is 0 Å². The minimum absolute atomic E-state index is 0.399. The van der Waals surface area contributed by atoms with Gasteiger partial charge in [-0.3, -0.25) is 0 Å². The number of hydrogen-bond donors (Lipinski definition) is 1. The molecule has 1 aliphatic rings. The van der Waals surface area contributed by atoms with Crippen LogP contribution in [0, 0.1) is 0 Å². The zero-order valence-electron chi connectivity index (χ0n) is 12.8. The molecule has 0 radical (unpaired) electrons. The molecule has 1 N–H and O–H groups in total. The largest absolute Gasteiger partial charge is 0.384 e. The molecule has 0 aromatic heterocycles. The second kappa shape index (κ2) is 6.42. The first-order chi connectivity index (χ1) is 10.3. The topological polar surface area (TPSA) is 21.3 Å². The van der Waals surface area contributed by atoms with Crippen molar-refractivity contribution in [2.24, 2.45) is 0 Å². The van der Waals surface area contributed by atoms with Crippen LogP contribution in [0.3, 0.4) is 0 Å². The Labute approximate surface area is 127 Å². The molecule has 0 saturated carbocycles. The van der Waals surface area contributed by atoms with Crippen molar-refractivity contribution in [3.05, 3.63) is 70.8 Å². The van der Waals surface area contributed by atoms with E-state index in [9.17, 15) is 0 Å². The molecule has 0 heterocycles. The quantitative estimate of drug-likeness (QED) is 0.875. The number of benzene rings is 2. The van der Waals surface area contributed by atoms with Crippen LogP contribution >= 0.6 is 0 Å². The van der Waals surface area contributed by atoms with E-state index in [1.54, 1.807) is 7.11 Å². The molecule has 2 heteroatoms. The summed E-state index contributed by atoms with van der Waals surface area (Å²) in [6.07, 6.45) is 2.15. The molecule has 0 saturated heterocycles. The maximum atomic E-state index is 5.14. The highest BCUT2D eigenvalue weighted by molar-refractivity contribution is 5.43. The molecule has 110 valence electrons. The molecule has 2 unspecified atom stereocenters. The van der Waals surface area contributed by atoms with E-state index in [-0.39, 0.29) is 0 Å². The van der Waals surface area contributed by atoms with Crippen molar-refractivity contribution < 1.29 is 4.74 Å². The Balaban J connectivity index is 1.75. The predicted octanol–water partition coefficient (Wildman–Crippen LogP) is 3.48. The maximum absolute atomic E-state index is 5.14. The summed E-state index contributed by atoms with van der Waals surface area (Å²) in [5, 5.41) is 3.50. The first-order valence-corrected chi connectivity index (χ1v) is 7.66. The lowest BCUT2D eigenvalue weighted by Gasteiger charge is -2.36. The van der Waals surface area contributed by atoms with Gasteiger partial charge < -0.3 is 10.1 Å². The minimum atomic E-state index is 0.399. The second-order valence-electron chi connectivity index (χ2n) is 5.76. The Morgan fingerprint density at radius 3 is 2.57 bits per heavy atom. The van der Waals surface area contributed by atoms with Gasteiger partial charge in [-0.05, 0) is 42.1 Å². The van der Waals surface area contributed by atoms with Crippen LogP contribution in [0.25, 0.3) is 0 Å². The Morgan fingerprint density at radius 2 is 1.90 bits per heavy atom. The molecule has 2 atom stereocenters. The number of ether oxygens (including phenoxy) is 1. The first kappa shape index (κ1) is 14.3. The smallest absolute Gasteiger partial charge is 0.0502 e. The summed E-state index contributed by atoms with van der Waals surface area (Å²) < 4.78 is 5.14. The monoisotopic (exact) mass is 281 g/mol. The van der Waals surface area contributed by atoms with Gasteiger partial charge in [0.25, 0.3) is 0 Å². The van der Waals surface area contributed by atoms with Crippen LogP contribution in [0.2, 0.25) is 0 Å². The van der Waals surface area contributed by atoms with Crippen LogP contribution in [0.4, 0.5) is 0 Å². The summed E-state index contributed by atoms with van der Waals surface area (Å²) in [5.74, 6) is 0.594. The van der Waals surface area contributed by atoms with E-state index in [1.165, 1.54) is 28.7 Å². The normalized spacial score (nSPS) is 17.9. The van der Waals surface area contributed by atoms with Crippen LogP contribution in [-0.2, 0) is 17.6 Å². The summed E-state index contributed by atoms with van der Waals surface area (Å²) in [6, 6.07) is 18.1. The zero-order valence-corrected chi connectivity index (χ0v) is 12.8. The lowest BCUT2D eigenvalue weighted by Crippen LogP contribution is -2.31. The molecule has 2 nitrogen and oxygen atoms in total. The van der Waals surface area contributed by atoms with Gasteiger partial charge in [-0.1, -0.05) is 48.5 Å². The number of rotatable bonds is 6. The van der Waals surface area contributed by atoms with Gasteiger partial charge in [0.1, 0.15) is 0 Å². The van der Waals surface area contributed by atoms with Crippen molar-refractivity contribution in [1.29, 1.82) is 0 Å². The van der Waals surface area contributed by atoms with E-state index in [2.05, 4.69) is 60.9 Å². The highest BCUT2D eigenvalue weighted by atomic mass is 16.5. The van der Waals surface area contributed by atoms with Gasteiger partial charge in [0, 0.05) is 19.1 Å². The number of fused-ring (bicyclic) bond motifs is 1. The zero-order chi connectivity index (χ0) is 14.7. The molecule has 21 heavy (non-hydrogen) atoms.